The van der Waals surface area contributed by atoms with Crippen LogP contribution in [0.15, 0.2) is 0 Å². The summed E-state index contributed by atoms with van der Waals surface area (Å²) in [5.74, 6) is -0.637. The van der Waals surface area contributed by atoms with Crippen molar-refractivity contribution in [1.29, 1.82) is 0 Å². The van der Waals surface area contributed by atoms with Crippen LogP contribution >= 0.6 is 0 Å². The van der Waals surface area contributed by atoms with Crippen molar-refractivity contribution in [2.75, 3.05) is 0 Å². The van der Waals surface area contributed by atoms with Gasteiger partial charge in [-0.3, -0.25) is 9.59 Å². The maximum Gasteiger partial charge on any atom is 0.306 e. The summed E-state index contributed by atoms with van der Waals surface area (Å²) in [5.41, 5.74) is 0. The van der Waals surface area contributed by atoms with Crippen molar-refractivity contribution in [2.24, 2.45) is 0 Å². The van der Waals surface area contributed by atoms with Gasteiger partial charge in [0.1, 0.15) is 6.10 Å². The predicted molar refractivity (Wildman–Crippen MR) is 177 cm³/mol. The van der Waals surface area contributed by atoms with Crippen molar-refractivity contribution in [3.05, 3.63) is 0 Å². The first-order valence-electron chi connectivity index (χ1n) is 18.5. The lowest BCUT2D eigenvalue weighted by atomic mass is 10.0. The van der Waals surface area contributed by atoms with E-state index in [1.165, 1.54) is 154 Å². The molecular weight excluding hydrogens is 508 g/mol. The van der Waals surface area contributed by atoms with Crippen molar-refractivity contribution >= 4 is 11.9 Å². The molecule has 0 aromatic heterocycles. The van der Waals surface area contributed by atoms with Crippen LogP contribution in [0.5, 0.6) is 0 Å². The Morgan fingerprint density at radius 1 is 0.439 bits per heavy atom. The number of ether oxygens (including phenoxy) is 1. The van der Waals surface area contributed by atoms with Crippen molar-refractivity contribution in [2.45, 2.75) is 225 Å². The van der Waals surface area contributed by atoms with Gasteiger partial charge < -0.3 is 9.84 Å². The second-order valence-electron chi connectivity index (χ2n) is 12.8. The molecule has 4 heteroatoms. The van der Waals surface area contributed by atoms with E-state index in [0.717, 1.165) is 38.5 Å². The highest BCUT2D eigenvalue weighted by atomic mass is 16.5. The fourth-order valence-electron chi connectivity index (χ4n) is 5.89. The van der Waals surface area contributed by atoms with Gasteiger partial charge in [0.15, 0.2) is 0 Å². The molecule has 0 fully saturated rings. The Morgan fingerprint density at radius 2 is 0.780 bits per heavy atom. The van der Waals surface area contributed by atoms with Gasteiger partial charge in [-0.15, -0.1) is 0 Å². The smallest absolute Gasteiger partial charge is 0.306 e. The van der Waals surface area contributed by atoms with Crippen LogP contribution in [-0.2, 0) is 14.3 Å². The SMILES string of the molecule is CCCCCCCCCCCCCCCCC(=O)OC(CCC)CCCCCCCCCCCCCCCC(=O)O. The molecular formula is C37H72O4. The van der Waals surface area contributed by atoms with E-state index in [9.17, 15) is 9.59 Å². The average Bonchev–Trinajstić information content (AvgIpc) is 2.95. The summed E-state index contributed by atoms with van der Waals surface area (Å²) in [5, 5.41) is 8.65. The van der Waals surface area contributed by atoms with Crippen molar-refractivity contribution in [3.8, 4) is 0 Å². The Labute approximate surface area is 256 Å². The van der Waals surface area contributed by atoms with E-state index < -0.39 is 5.97 Å². The zero-order chi connectivity index (χ0) is 30.1. The molecule has 0 aliphatic carbocycles. The second-order valence-corrected chi connectivity index (χ2v) is 12.8. The van der Waals surface area contributed by atoms with Gasteiger partial charge in [0, 0.05) is 12.8 Å². The second kappa shape index (κ2) is 33.4. The molecule has 1 atom stereocenters. The zero-order valence-corrected chi connectivity index (χ0v) is 27.9. The van der Waals surface area contributed by atoms with Crippen LogP contribution in [0, 0.1) is 0 Å². The number of hydrogen-bond donors (Lipinski definition) is 1. The lowest BCUT2D eigenvalue weighted by Gasteiger charge is -2.17. The van der Waals surface area contributed by atoms with Gasteiger partial charge in [-0.05, 0) is 32.1 Å². The standard InChI is InChI=1S/C37H72O4/c1-3-5-6-7-8-9-10-11-15-18-21-24-27-30-34-37(40)41-35(31-4-2)32-28-25-22-19-16-13-12-14-17-20-23-26-29-33-36(38)39/h35H,3-34H2,1-2H3,(H,38,39). The van der Waals surface area contributed by atoms with Crippen LogP contribution < -0.4 is 0 Å². The summed E-state index contributed by atoms with van der Waals surface area (Å²) in [6.07, 6.45) is 38.9. The van der Waals surface area contributed by atoms with Gasteiger partial charge in [0.05, 0.1) is 0 Å². The summed E-state index contributed by atoms with van der Waals surface area (Å²) < 4.78 is 5.86. The van der Waals surface area contributed by atoms with Gasteiger partial charge in [-0.1, -0.05) is 174 Å². The topological polar surface area (TPSA) is 63.6 Å². The van der Waals surface area contributed by atoms with Crippen LogP contribution in [-0.4, -0.2) is 23.1 Å². The summed E-state index contributed by atoms with van der Waals surface area (Å²) >= 11 is 0. The number of esters is 1. The largest absolute Gasteiger partial charge is 0.481 e. The van der Waals surface area contributed by atoms with E-state index in [0.29, 0.717) is 12.8 Å². The Balaban J connectivity index is 3.50. The lowest BCUT2D eigenvalue weighted by Crippen LogP contribution is -2.18. The molecule has 0 aliphatic rings. The number of carbonyl (C=O) groups is 2. The molecule has 0 aromatic carbocycles. The minimum absolute atomic E-state index is 0.0302. The highest BCUT2D eigenvalue weighted by Gasteiger charge is 2.13. The summed E-state index contributed by atoms with van der Waals surface area (Å²) in [6, 6.07) is 0. The van der Waals surface area contributed by atoms with Gasteiger partial charge >= 0.3 is 11.9 Å². The summed E-state index contributed by atoms with van der Waals surface area (Å²) in [7, 11) is 0. The fraction of sp³-hybridized carbons (Fsp3) is 0.946. The fourth-order valence-corrected chi connectivity index (χ4v) is 5.89. The highest BCUT2D eigenvalue weighted by Crippen LogP contribution is 2.18. The molecule has 0 spiro atoms. The summed E-state index contributed by atoms with van der Waals surface area (Å²) in [6.45, 7) is 4.47. The Morgan fingerprint density at radius 3 is 1.15 bits per heavy atom. The number of unbranched alkanes of at least 4 members (excludes halogenated alkanes) is 25. The Bertz CT molecular complexity index is 547. The van der Waals surface area contributed by atoms with Crippen molar-refractivity contribution < 1.29 is 19.4 Å². The molecule has 244 valence electrons. The van der Waals surface area contributed by atoms with Gasteiger partial charge in [0.2, 0.25) is 0 Å². The maximum atomic E-state index is 12.4. The number of aliphatic carboxylic acids is 1. The van der Waals surface area contributed by atoms with Gasteiger partial charge in [-0.25, -0.2) is 0 Å². The Kier molecular flexibility index (Phi) is 32.6. The summed E-state index contributed by atoms with van der Waals surface area (Å²) in [4.78, 5) is 22.9. The number of carboxylic acid groups (broad SMARTS) is 1. The third kappa shape index (κ3) is 33.3. The molecule has 41 heavy (non-hydrogen) atoms. The van der Waals surface area contributed by atoms with E-state index in [1.807, 2.05) is 0 Å². The van der Waals surface area contributed by atoms with Crippen LogP contribution in [0.2, 0.25) is 0 Å². The quantitative estimate of drug-likeness (QED) is 0.0607. The predicted octanol–water partition coefficient (Wildman–Crippen LogP) is 12.5. The first kappa shape index (κ1) is 39.9. The van der Waals surface area contributed by atoms with E-state index in [1.54, 1.807) is 0 Å². The zero-order valence-electron chi connectivity index (χ0n) is 27.9. The molecule has 0 heterocycles. The van der Waals surface area contributed by atoms with Crippen molar-refractivity contribution in [1.82, 2.24) is 0 Å². The Hall–Kier alpha value is -1.06. The van der Waals surface area contributed by atoms with E-state index in [2.05, 4.69) is 13.8 Å². The number of carbonyl (C=O) groups excluding carboxylic acids is 1. The van der Waals surface area contributed by atoms with E-state index in [-0.39, 0.29) is 12.1 Å². The molecule has 1 unspecified atom stereocenters. The van der Waals surface area contributed by atoms with Crippen LogP contribution in [0.1, 0.15) is 219 Å². The van der Waals surface area contributed by atoms with Crippen LogP contribution in [0.4, 0.5) is 0 Å². The molecule has 0 radical (unpaired) electrons. The molecule has 0 amide bonds. The van der Waals surface area contributed by atoms with E-state index in [4.69, 9.17) is 9.84 Å². The molecule has 0 bridgehead atoms. The molecule has 1 N–H and O–H groups in total. The van der Waals surface area contributed by atoms with Gasteiger partial charge in [0.25, 0.3) is 0 Å². The van der Waals surface area contributed by atoms with Crippen molar-refractivity contribution in [3.63, 3.8) is 0 Å². The minimum atomic E-state index is -0.667. The van der Waals surface area contributed by atoms with Gasteiger partial charge in [-0.2, -0.15) is 0 Å². The van der Waals surface area contributed by atoms with E-state index >= 15 is 0 Å². The van der Waals surface area contributed by atoms with Crippen LogP contribution in [0.25, 0.3) is 0 Å². The molecule has 0 saturated carbocycles. The third-order valence-corrected chi connectivity index (χ3v) is 8.56. The van der Waals surface area contributed by atoms with Crippen LogP contribution in [0.3, 0.4) is 0 Å². The number of hydrogen-bond acceptors (Lipinski definition) is 3. The molecule has 0 saturated heterocycles. The monoisotopic (exact) mass is 581 g/mol. The average molecular weight is 581 g/mol. The molecule has 4 nitrogen and oxygen atoms in total. The first-order valence-corrected chi connectivity index (χ1v) is 18.5. The lowest BCUT2D eigenvalue weighted by molar-refractivity contribution is -0.150. The first-order chi connectivity index (χ1) is 20.1. The molecule has 0 aromatic rings. The number of rotatable bonds is 34. The third-order valence-electron chi connectivity index (χ3n) is 8.56. The molecule has 0 rings (SSSR count). The highest BCUT2D eigenvalue weighted by molar-refractivity contribution is 5.69. The normalized spacial score (nSPS) is 12.0. The minimum Gasteiger partial charge on any atom is -0.481 e. The maximum absolute atomic E-state index is 12.4. The molecule has 0 aliphatic heterocycles. The number of carboxylic acids is 1.